The molecule has 0 spiro atoms. The van der Waals surface area contributed by atoms with Crippen LogP contribution in [0.15, 0.2) is 18.5 Å². The first-order valence-electron chi connectivity index (χ1n) is 8.01. The van der Waals surface area contributed by atoms with E-state index in [2.05, 4.69) is 23.8 Å². The number of nitrogens with zero attached hydrogens (tertiary/aromatic N) is 4. The normalized spacial score (nSPS) is 19.3. The molecule has 1 saturated heterocycles. The summed E-state index contributed by atoms with van der Waals surface area (Å²) in [4.78, 5) is 16.6. The lowest BCUT2D eigenvalue weighted by atomic mass is 10.1. The van der Waals surface area contributed by atoms with Crippen molar-refractivity contribution in [2.24, 2.45) is 5.92 Å². The molecule has 0 saturated carbocycles. The van der Waals surface area contributed by atoms with Crippen LogP contribution < -0.4 is 0 Å². The van der Waals surface area contributed by atoms with E-state index in [4.69, 9.17) is 0 Å². The molecule has 2 rings (SSSR count). The van der Waals surface area contributed by atoms with Gasteiger partial charge >= 0.3 is 0 Å². The highest BCUT2D eigenvalue weighted by Gasteiger charge is 2.25. The molecule has 21 heavy (non-hydrogen) atoms. The summed E-state index contributed by atoms with van der Waals surface area (Å²) in [6.07, 6.45) is 6.38. The average Bonchev–Trinajstić information content (AvgIpc) is 3.09. The Morgan fingerprint density at radius 3 is 2.90 bits per heavy atom. The zero-order valence-corrected chi connectivity index (χ0v) is 13.5. The molecule has 5 heteroatoms. The third-order valence-corrected chi connectivity index (χ3v) is 4.34. The van der Waals surface area contributed by atoms with Crippen LogP contribution in [0.2, 0.25) is 0 Å². The quantitative estimate of drug-likeness (QED) is 0.770. The van der Waals surface area contributed by atoms with Crippen molar-refractivity contribution in [3.05, 3.63) is 18.5 Å². The fourth-order valence-corrected chi connectivity index (χ4v) is 2.99. The molecular weight excluding hydrogens is 264 g/mol. The van der Waals surface area contributed by atoms with Gasteiger partial charge in [0.1, 0.15) is 0 Å². The van der Waals surface area contributed by atoms with E-state index in [1.54, 1.807) is 6.20 Å². The Morgan fingerprint density at radius 1 is 1.48 bits per heavy atom. The van der Waals surface area contributed by atoms with E-state index in [-0.39, 0.29) is 5.91 Å². The van der Waals surface area contributed by atoms with Gasteiger partial charge in [-0.1, -0.05) is 0 Å². The molecular formula is C16H28N4O. The second-order valence-corrected chi connectivity index (χ2v) is 6.39. The number of aryl methyl sites for hydroxylation is 1. The van der Waals surface area contributed by atoms with Gasteiger partial charge in [0.25, 0.3) is 0 Å². The summed E-state index contributed by atoms with van der Waals surface area (Å²) >= 11 is 0. The monoisotopic (exact) mass is 292 g/mol. The standard InChI is InChI=1S/C16H28N4O/c1-14(2)19-11-7-15(13-19)12-18(3)16(21)6-4-9-20-10-5-8-17-20/h5,8,10,14-15H,4,6-7,9,11-13H2,1-3H3/t15-/m0/s1. The van der Waals surface area contributed by atoms with Gasteiger partial charge in [-0.2, -0.15) is 5.10 Å². The van der Waals surface area contributed by atoms with Crippen molar-refractivity contribution in [2.75, 3.05) is 26.7 Å². The third-order valence-electron chi connectivity index (χ3n) is 4.34. The van der Waals surface area contributed by atoms with Crippen molar-refractivity contribution >= 4 is 5.91 Å². The Balaban J connectivity index is 1.65. The maximum atomic E-state index is 12.2. The van der Waals surface area contributed by atoms with Crippen LogP contribution in [0.25, 0.3) is 0 Å². The Labute approximate surface area is 127 Å². The minimum atomic E-state index is 0.255. The maximum Gasteiger partial charge on any atom is 0.222 e. The molecule has 0 radical (unpaired) electrons. The first-order valence-corrected chi connectivity index (χ1v) is 8.01. The Kier molecular flexibility index (Phi) is 5.79. The summed E-state index contributed by atoms with van der Waals surface area (Å²) in [6, 6.07) is 2.53. The van der Waals surface area contributed by atoms with Gasteiger partial charge in [0.05, 0.1) is 0 Å². The number of carbonyl (C=O) groups excluding carboxylic acids is 1. The fourth-order valence-electron chi connectivity index (χ4n) is 2.99. The largest absolute Gasteiger partial charge is 0.345 e. The van der Waals surface area contributed by atoms with Gasteiger partial charge in [-0.3, -0.25) is 9.48 Å². The van der Waals surface area contributed by atoms with E-state index in [1.165, 1.54) is 13.0 Å². The van der Waals surface area contributed by atoms with Gasteiger partial charge in [0.2, 0.25) is 5.91 Å². The topological polar surface area (TPSA) is 41.4 Å². The van der Waals surface area contributed by atoms with Crippen LogP contribution in [0.3, 0.4) is 0 Å². The molecule has 1 aliphatic heterocycles. The summed E-state index contributed by atoms with van der Waals surface area (Å²) in [5, 5.41) is 4.15. The Hall–Kier alpha value is -1.36. The highest BCUT2D eigenvalue weighted by Crippen LogP contribution is 2.19. The molecule has 5 nitrogen and oxygen atoms in total. The van der Waals surface area contributed by atoms with E-state index < -0.39 is 0 Å². The van der Waals surface area contributed by atoms with E-state index in [1.807, 2.05) is 28.9 Å². The summed E-state index contributed by atoms with van der Waals surface area (Å²) in [6.45, 7) is 8.49. The highest BCUT2D eigenvalue weighted by atomic mass is 16.2. The number of aromatic nitrogens is 2. The van der Waals surface area contributed by atoms with Crippen molar-refractivity contribution in [2.45, 2.75) is 45.7 Å². The van der Waals surface area contributed by atoms with Gasteiger partial charge in [0, 0.05) is 51.5 Å². The summed E-state index contributed by atoms with van der Waals surface area (Å²) in [5.41, 5.74) is 0. The van der Waals surface area contributed by atoms with Crippen molar-refractivity contribution in [3.63, 3.8) is 0 Å². The second-order valence-electron chi connectivity index (χ2n) is 6.39. The van der Waals surface area contributed by atoms with E-state index in [0.717, 1.165) is 26.1 Å². The van der Waals surface area contributed by atoms with Crippen LogP contribution in [-0.2, 0) is 11.3 Å². The molecule has 1 atom stereocenters. The Morgan fingerprint density at radius 2 is 2.29 bits per heavy atom. The van der Waals surface area contributed by atoms with Crippen molar-refractivity contribution < 1.29 is 4.79 Å². The predicted octanol–water partition coefficient (Wildman–Crippen LogP) is 1.85. The van der Waals surface area contributed by atoms with E-state index >= 15 is 0 Å². The first kappa shape index (κ1) is 16.0. The molecule has 1 aromatic rings. The average molecular weight is 292 g/mol. The van der Waals surface area contributed by atoms with Crippen LogP contribution in [0.1, 0.15) is 33.1 Å². The zero-order chi connectivity index (χ0) is 15.2. The van der Waals surface area contributed by atoms with Crippen LogP contribution in [0.5, 0.6) is 0 Å². The summed E-state index contributed by atoms with van der Waals surface area (Å²) in [7, 11) is 1.94. The van der Waals surface area contributed by atoms with E-state index in [0.29, 0.717) is 18.4 Å². The lowest BCUT2D eigenvalue weighted by Gasteiger charge is -2.23. The molecule has 1 aliphatic rings. The molecule has 0 aromatic carbocycles. The van der Waals surface area contributed by atoms with Gasteiger partial charge in [-0.25, -0.2) is 0 Å². The molecule has 0 N–H and O–H groups in total. The molecule has 0 unspecified atom stereocenters. The van der Waals surface area contributed by atoms with Crippen LogP contribution in [0, 0.1) is 5.92 Å². The van der Waals surface area contributed by atoms with Gasteiger partial charge in [0.15, 0.2) is 0 Å². The fraction of sp³-hybridized carbons (Fsp3) is 0.750. The number of carbonyl (C=O) groups is 1. The molecule has 118 valence electrons. The van der Waals surface area contributed by atoms with Gasteiger partial charge in [-0.15, -0.1) is 0 Å². The SMILES string of the molecule is CC(C)N1CC[C@@H](CN(C)C(=O)CCCn2cccn2)C1. The van der Waals surface area contributed by atoms with Crippen molar-refractivity contribution in [1.29, 1.82) is 0 Å². The molecule has 1 amide bonds. The Bertz CT molecular complexity index is 429. The molecule has 1 aromatic heterocycles. The van der Waals surface area contributed by atoms with E-state index in [9.17, 15) is 4.79 Å². The number of hydrogen-bond donors (Lipinski definition) is 0. The zero-order valence-electron chi connectivity index (χ0n) is 13.5. The number of hydrogen-bond acceptors (Lipinski definition) is 3. The van der Waals surface area contributed by atoms with Crippen molar-refractivity contribution in [1.82, 2.24) is 19.6 Å². The maximum absolute atomic E-state index is 12.2. The minimum absolute atomic E-state index is 0.255. The minimum Gasteiger partial charge on any atom is -0.345 e. The number of amides is 1. The van der Waals surface area contributed by atoms with Gasteiger partial charge in [-0.05, 0) is 45.2 Å². The number of rotatable bonds is 7. The third kappa shape index (κ3) is 4.84. The van der Waals surface area contributed by atoms with Crippen LogP contribution >= 0.6 is 0 Å². The van der Waals surface area contributed by atoms with Crippen LogP contribution in [-0.4, -0.2) is 58.2 Å². The smallest absolute Gasteiger partial charge is 0.222 e. The highest BCUT2D eigenvalue weighted by molar-refractivity contribution is 5.75. The molecule has 1 fully saturated rings. The molecule has 0 bridgehead atoms. The summed E-state index contributed by atoms with van der Waals surface area (Å²) < 4.78 is 1.88. The first-order chi connectivity index (χ1) is 10.1. The number of likely N-dealkylation sites (tertiary alicyclic amines) is 1. The van der Waals surface area contributed by atoms with Gasteiger partial charge < -0.3 is 9.80 Å². The predicted molar refractivity (Wildman–Crippen MR) is 83.9 cm³/mol. The lowest BCUT2D eigenvalue weighted by Crippen LogP contribution is -2.34. The van der Waals surface area contributed by atoms with Crippen LogP contribution in [0.4, 0.5) is 0 Å². The second kappa shape index (κ2) is 7.59. The molecule has 2 heterocycles. The lowest BCUT2D eigenvalue weighted by molar-refractivity contribution is -0.130. The summed E-state index contributed by atoms with van der Waals surface area (Å²) in [5.74, 6) is 0.887. The molecule has 0 aliphatic carbocycles. The van der Waals surface area contributed by atoms with Crippen molar-refractivity contribution in [3.8, 4) is 0 Å².